The minimum atomic E-state index is -3.83. The number of carbonyl (C=O) groups is 1. The standard InChI is InChI=1S/C23H23NO5S/c1-17(18-9-5-4-6-10-18)29-23(25)19-13-15-20(16-14-19)30(26,27)24(2)21-11-7-8-12-22(21)28-3/h4-17H,1-3H3. The molecule has 0 saturated heterocycles. The summed E-state index contributed by atoms with van der Waals surface area (Å²) in [6.45, 7) is 1.79. The zero-order chi connectivity index (χ0) is 21.7. The molecule has 30 heavy (non-hydrogen) atoms. The first-order valence-electron chi connectivity index (χ1n) is 9.32. The van der Waals surface area contributed by atoms with Gasteiger partial charge in [0.25, 0.3) is 10.0 Å². The number of hydrogen-bond donors (Lipinski definition) is 0. The van der Waals surface area contributed by atoms with Crippen molar-refractivity contribution in [1.82, 2.24) is 0 Å². The van der Waals surface area contributed by atoms with Gasteiger partial charge in [-0.3, -0.25) is 4.31 Å². The Bertz CT molecular complexity index is 1110. The van der Waals surface area contributed by atoms with Gasteiger partial charge in [0, 0.05) is 7.05 Å². The lowest BCUT2D eigenvalue weighted by molar-refractivity contribution is 0.0337. The molecule has 0 bridgehead atoms. The minimum Gasteiger partial charge on any atom is -0.495 e. The molecule has 7 heteroatoms. The van der Waals surface area contributed by atoms with Gasteiger partial charge < -0.3 is 9.47 Å². The number of sulfonamides is 1. The predicted octanol–water partition coefficient (Wildman–Crippen LogP) is 4.44. The topological polar surface area (TPSA) is 72.9 Å². The zero-order valence-electron chi connectivity index (χ0n) is 17.0. The molecule has 0 aliphatic rings. The lowest BCUT2D eigenvalue weighted by atomic mass is 10.1. The lowest BCUT2D eigenvalue weighted by Crippen LogP contribution is -2.27. The Balaban J connectivity index is 1.78. The fourth-order valence-electron chi connectivity index (χ4n) is 2.96. The van der Waals surface area contributed by atoms with Crippen LogP contribution < -0.4 is 9.04 Å². The Kier molecular flexibility index (Phi) is 6.42. The third-order valence-corrected chi connectivity index (χ3v) is 6.51. The number of para-hydroxylation sites is 2. The number of carbonyl (C=O) groups excluding carboxylic acids is 1. The van der Waals surface area contributed by atoms with Crippen molar-refractivity contribution in [1.29, 1.82) is 0 Å². The second kappa shape index (κ2) is 9.00. The SMILES string of the molecule is COc1ccccc1N(C)S(=O)(=O)c1ccc(C(=O)OC(C)c2ccccc2)cc1. The van der Waals surface area contributed by atoms with E-state index in [0.29, 0.717) is 11.4 Å². The van der Waals surface area contributed by atoms with Crippen molar-refractivity contribution >= 4 is 21.7 Å². The normalized spacial score (nSPS) is 12.1. The molecular weight excluding hydrogens is 402 g/mol. The Labute approximate surface area is 176 Å². The van der Waals surface area contributed by atoms with Crippen molar-refractivity contribution < 1.29 is 22.7 Å². The summed E-state index contributed by atoms with van der Waals surface area (Å²) >= 11 is 0. The first-order valence-corrected chi connectivity index (χ1v) is 10.8. The highest BCUT2D eigenvalue weighted by Crippen LogP contribution is 2.31. The molecule has 0 spiro atoms. The summed E-state index contributed by atoms with van der Waals surface area (Å²) in [5, 5.41) is 0. The molecule has 156 valence electrons. The molecule has 0 fully saturated rings. The van der Waals surface area contributed by atoms with E-state index in [9.17, 15) is 13.2 Å². The quantitative estimate of drug-likeness (QED) is 0.524. The molecule has 6 nitrogen and oxygen atoms in total. The molecule has 0 aliphatic carbocycles. The number of hydrogen-bond acceptors (Lipinski definition) is 5. The zero-order valence-corrected chi connectivity index (χ0v) is 17.8. The minimum absolute atomic E-state index is 0.0589. The highest BCUT2D eigenvalue weighted by molar-refractivity contribution is 7.92. The van der Waals surface area contributed by atoms with Crippen LogP contribution in [-0.4, -0.2) is 28.5 Å². The average molecular weight is 426 g/mol. The van der Waals surface area contributed by atoms with Crippen molar-refractivity contribution in [3.8, 4) is 5.75 Å². The van der Waals surface area contributed by atoms with Gasteiger partial charge in [0.15, 0.2) is 0 Å². The largest absolute Gasteiger partial charge is 0.495 e. The lowest BCUT2D eigenvalue weighted by Gasteiger charge is -2.21. The molecule has 3 aromatic rings. The van der Waals surface area contributed by atoms with E-state index < -0.39 is 22.1 Å². The predicted molar refractivity (Wildman–Crippen MR) is 115 cm³/mol. The maximum atomic E-state index is 13.0. The van der Waals surface area contributed by atoms with Crippen LogP contribution in [0.5, 0.6) is 5.75 Å². The molecular formula is C23H23NO5S. The molecule has 1 atom stereocenters. The van der Waals surface area contributed by atoms with E-state index in [1.165, 1.54) is 38.4 Å². The van der Waals surface area contributed by atoms with Crippen molar-refractivity contribution in [3.05, 3.63) is 90.0 Å². The third kappa shape index (κ3) is 4.46. The molecule has 0 saturated carbocycles. The monoisotopic (exact) mass is 425 g/mol. The number of ether oxygens (including phenoxy) is 2. The fraction of sp³-hybridized carbons (Fsp3) is 0.174. The summed E-state index contributed by atoms with van der Waals surface area (Å²) in [5.74, 6) is -0.0768. The van der Waals surface area contributed by atoms with Crippen LogP contribution in [0.2, 0.25) is 0 Å². The van der Waals surface area contributed by atoms with E-state index in [4.69, 9.17) is 9.47 Å². The molecule has 0 aromatic heterocycles. The van der Waals surface area contributed by atoms with Gasteiger partial charge in [-0.2, -0.15) is 0 Å². The second-order valence-corrected chi connectivity index (χ2v) is 8.60. The summed E-state index contributed by atoms with van der Waals surface area (Å²) in [4.78, 5) is 12.5. The number of nitrogens with zero attached hydrogens (tertiary/aromatic N) is 1. The molecule has 0 aliphatic heterocycles. The maximum Gasteiger partial charge on any atom is 0.338 e. The summed E-state index contributed by atoms with van der Waals surface area (Å²) in [7, 11) is -0.894. The van der Waals surface area contributed by atoms with Crippen molar-refractivity contribution in [3.63, 3.8) is 0 Å². The van der Waals surface area contributed by atoms with Gasteiger partial charge in [-0.1, -0.05) is 42.5 Å². The van der Waals surface area contributed by atoms with E-state index in [0.717, 1.165) is 9.87 Å². The molecule has 0 radical (unpaired) electrons. The van der Waals surface area contributed by atoms with E-state index in [1.807, 2.05) is 30.3 Å². The van der Waals surface area contributed by atoms with E-state index in [1.54, 1.807) is 31.2 Å². The maximum absolute atomic E-state index is 13.0. The van der Waals surface area contributed by atoms with Gasteiger partial charge in [0.05, 0.1) is 23.3 Å². The molecule has 1 unspecified atom stereocenters. The smallest absolute Gasteiger partial charge is 0.338 e. The van der Waals surface area contributed by atoms with Crippen LogP contribution in [0.4, 0.5) is 5.69 Å². The highest BCUT2D eigenvalue weighted by atomic mass is 32.2. The highest BCUT2D eigenvalue weighted by Gasteiger charge is 2.24. The third-order valence-electron chi connectivity index (χ3n) is 4.73. The van der Waals surface area contributed by atoms with Crippen LogP contribution in [-0.2, 0) is 14.8 Å². The molecule has 3 aromatic carbocycles. The Morgan fingerprint density at radius 2 is 1.50 bits per heavy atom. The number of benzene rings is 3. The van der Waals surface area contributed by atoms with Gasteiger partial charge >= 0.3 is 5.97 Å². The first-order chi connectivity index (χ1) is 14.3. The van der Waals surface area contributed by atoms with E-state index in [-0.39, 0.29) is 10.5 Å². The second-order valence-electron chi connectivity index (χ2n) is 6.63. The molecule has 3 rings (SSSR count). The fourth-order valence-corrected chi connectivity index (χ4v) is 4.17. The van der Waals surface area contributed by atoms with Gasteiger partial charge in [0.2, 0.25) is 0 Å². The van der Waals surface area contributed by atoms with E-state index >= 15 is 0 Å². The van der Waals surface area contributed by atoms with Crippen LogP contribution >= 0.6 is 0 Å². The van der Waals surface area contributed by atoms with Gasteiger partial charge in [-0.25, -0.2) is 13.2 Å². The average Bonchev–Trinajstić information content (AvgIpc) is 2.79. The first kappa shape index (κ1) is 21.4. The summed E-state index contributed by atoms with van der Waals surface area (Å²) in [6.07, 6.45) is -0.418. The Morgan fingerprint density at radius 1 is 0.900 bits per heavy atom. The Hall–Kier alpha value is -3.32. The summed E-state index contributed by atoms with van der Waals surface area (Å²) in [6, 6.07) is 21.9. The number of methoxy groups -OCH3 is 1. The van der Waals surface area contributed by atoms with Crippen LogP contribution in [0, 0.1) is 0 Å². The van der Waals surface area contributed by atoms with E-state index in [2.05, 4.69) is 0 Å². The summed E-state index contributed by atoms with van der Waals surface area (Å²) in [5.41, 5.74) is 1.57. The Morgan fingerprint density at radius 3 is 2.13 bits per heavy atom. The number of anilines is 1. The molecule has 0 N–H and O–H groups in total. The van der Waals surface area contributed by atoms with Crippen LogP contribution in [0.25, 0.3) is 0 Å². The van der Waals surface area contributed by atoms with Crippen molar-refractivity contribution in [2.45, 2.75) is 17.9 Å². The van der Waals surface area contributed by atoms with Crippen LogP contribution in [0.1, 0.15) is 28.9 Å². The van der Waals surface area contributed by atoms with Crippen LogP contribution in [0.3, 0.4) is 0 Å². The van der Waals surface area contributed by atoms with Crippen LogP contribution in [0.15, 0.2) is 83.8 Å². The van der Waals surface area contributed by atoms with Crippen molar-refractivity contribution in [2.24, 2.45) is 0 Å². The van der Waals surface area contributed by atoms with Gasteiger partial charge in [-0.15, -0.1) is 0 Å². The van der Waals surface area contributed by atoms with Crippen molar-refractivity contribution in [2.75, 3.05) is 18.5 Å². The number of rotatable bonds is 7. The van der Waals surface area contributed by atoms with Gasteiger partial charge in [0.1, 0.15) is 11.9 Å². The molecule has 0 heterocycles. The number of esters is 1. The summed E-state index contributed by atoms with van der Waals surface area (Å²) < 4.78 is 37.9. The molecule has 0 amide bonds. The van der Waals surface area contributed by atoms with Gasteiger partial charge in [-0.05, 0) is 48.9 Å².